The van der Waals surface area contributed by atoms with E-state index in [4.69, 9.17) is 4.52 Å². The lowest BCUT2D eigenvalue weighted by Gasteiger charge is -2.41. The Morgan fingerprint density at radius 1 is 1.06 bits per heavy atom. The zero-order chi connectivity index (χ0) is 11.9. The number of rotatable bonds is 8. The predicted octanol–water partition coefficient (Wildman–Crippen LogP) is 2.72. The zero-order valence-electron chi connectivity index (χ0n) is 11.8. The third-order valence-electron chi connectivity index (χ3n) is 2.83. The van der Waals surface area contributed by atoms with Gasteiger partial charge < -0.3 is 31.2 Å². The molecular weight excluding hydrogens is 243 g/mol. The minimum atomic E-state index is -4.87. The van der Waals surface area contributed by atoms with Crippen molar-refractivity contribution in [2.45, 2.75) is 64.9 Å². The van der Waals surface area contributed by atoms with Crippen molar-refractivity contribution in [2.75, 3.05) is 0 Å². The number of unbranched alkanes of at least 4 members (excludes halogenated alkanes) is 2. The van der Waals surface area contributed by atoms with Crippen LogP contribution in [0.15, 0.2) is 0 Å². The Kier molecular flexibility index (Phi) is 13.1. The van der Waals surface area contributed by atoms with Crippen molar-refractivity contribution >= 4 is 7.82 Å². The van der Waals surface area contributed by atoms with Gasteiger partial charge in [0.1, 0.15) is 0 Å². The third kappa shape index (κ3) is 9.71. The largest absolute Gasteiger partial charge is 0.790 e. The zero-order valence-corrected chi connectivity index (χ0v) is 12.7. The van der Waals surface area contributed by atoms with E-state index in [0.29, 0.717) is 19.3 Å². The van der Waals surface area contributed by atoms with Gasteiger partial charge in [0.05, 0.1) is 13.4 Å². The molecule has 17 heavy (non-hydrogen) atoms. The van der Waals surface area contributed by atoms with Crippen LogP contribution in [0.25, 0.3) is 0 Å². The van der Waals surface area contributed by atoms with Crippen LogP contribution in [0.1, 0.15) is 59.3 Å². The quantitative estimate of drug-likeness (QED) is 0.516. The summed E-state index contributed by atoms with van der Waals surface area (Å²) >= 11 is 0. The first-order chi connectivity index (χ1) is 6.89. The lowest BCUT2D eigenvalue weighted by atomic mass is 9.91. The van der Waals surface area contributed by atoms with Crippen molar-refractivity contribution in [3.05, 3.63) is 0 Å². The first kappa shape index (κ1) is 22.2. The lowest BCUT2D eigenvalue weighted by Crippen LogP contribution is -2.34. The SMILES string of the molecule is CCCCCC(CC)(CC)OP(=O)([O-])[O-].[NH4+].[NH4+]. The normalized spacial score (nSPS) is 11.6. The Hall–Kier alpha value is 0.0300. The summed E-state index contributed by atoms with van der Waals surface area (Å²) in [5, 5.41) is 0. The summed E-state index contributed by atoms with van der Waals surface area (Å²) in [7, 11) is -4.87. The van der Waals surface area contributed by atoms with Crippen LogP contribution in [0.4, 0.5) is 0 Å². The molecule has 0 amide bonds. The molecule has 0 atom stereocenters. The summed E-state index contributed by atoms with van der Waals surface area (Å²) in [5.41, 5.74) is -0.770. The first-order valence-electron chi connectivity index (χ1n) is 5.62. The number of hydrogen-bond acceptors (Lipinski definition) is 4. The van der Waals surface area contributed by atoms with Crippen LogP contribution in [0.5, 0.6) is 0 Å². The second-order valence-electron chi connectivity index (χ2n) is 3.89. The fourth-order valence-corrected chi connectivity index (χ4v) is 2.54. The fourth-order valence-electron chi connectivity index (χ4n) is 1.71. The van der Waals surface area contributed by atoms with E-state index in [1.54, 1.807) is 0 Å². The van der Waals surface area contributed by atoms with Gasteiger partial charge in [0.2, 0.25) is 0 Å². The Morgan fingerprint density at radius 3 is 1.82 bits per heavy atom. The Balaban J connectivity index is -0.000000980. The maximum absolute atomic E-state index is 10.6. The molecule has 0 radical (unpaired) electrons. The molecular formula is C10H29N2O4P. The number of phosphoric ester groups is 1. The molecule has 0 heterocycles. The highest BCUT2D eigenvalue weighted by Crippen LogP contribution is 2.39. The average Bonchev–Trinajstić information content (AvgIpc) is 2.15. The molecule has 0 aromatic rings. The van der Waals surface area contributed by atoms with E-state index >= 15 is 0 Å². The highest BCUT2D eigenvalue weighted by molar-refractivity contribution is 7.43. The molecule has 7 heteroatoms. The second-order valence-corrected chi connectivity index (χ2v) is 4.96. The molecule has 8 N–H and O–H groups in total. The van der Waals surface area contributed by atoms with Crippen molar-refractivity contribution in [3.63, 3.8) is 0 Å². The van der Waals surface area contributed by atoms with Gasteiger partial charge in [-0.1, -0.05) is 40.0 Å². The van der Waals surface area contributed by atoms with E-state index < -0.39 is 13.4 Å². The predicted molar refractivity (Wildman–Crippen MR) is 68.1 cm³/mol. The number of quaternary nitrogens is 2. The van der Waals surface area contributed by atoms with E-state index in [1.165, 1.54) is 0 Å². The minimum absolute atomic E-state index is 0. The highest BCUT2D eigenvalue weighted by atomic mass is 31.2. The molecule has 0 aliphatic heterocycles. The molecule has 0 aromatic carbocycles. The summed E-state index contributed by atoms with van der Waals surface area (Å²) in [5.74, 6) is 0. The van der Waals surface area contributed by atoms with Crippen LogP contribution < -0.4 is 22.1 Å². The van der Waals surface area contributed by atoms with E-state index in [2.05, 4.69) is 6.92 Å². The van der Waals surface area contributed by atoms with Crippen molar-refractivity contribution in [1.29, 1.82) is 0 Å². The molecule has 0 fully saturated rings. The van der Waals surface area contributed by atoms with Crippen LogP contribution in [-0.4, -0.2) is 5.60 Å². The maximum atomic E-state index is 10.6. The van der Waals surface area contributed by atoms with Crippen molar-refractivity contribution < 1.29 is 18.9 Å². The van der Waals surface area contributed by atoms with Crippen molar-refractivity contribution in [2.24, 2.45) is 0 Å². The topological polar surface area (TPSA) is 145 Å². The molecule has 0 saturated heterocycles. The molecule has 6 nitrogen and oxygen atoms in total. The lowest BCUT2D eigenvalue weighted by molar-refractivity contribution is -0.350. The summed E-state index contributed by atoms with van der Waals surface area (Å²) < 4.78 is 15.4. The van der Waals surface area contributed by atoms with E-state index in [1.807, 2.05) is 13.8 Å². The second kappa shape index (κ2) is 10.00. The summed E-state index contributed by atoms with van der Waals surface area (Å²) in [4.78, 5) is 21.3. The smallest absolute Gasteiger partial charge is 0.0729 e. The van der Waals surface area contributed by atoms with Gasteiger partial charge in [-0.2, -0.15) is 0 Å². The van der Waals surface area contributed by atoms with E-state index in [9.17, 15) is 14.4 Å². The molecule has 0 aromatic heterocycles. The van der Waals surface area contributed by atoms with Gasteiger partial charge in [-0.25, -0.2) is 0 Å². The van der Waals surface area contributed by atoms with Crippen molar-refractivity contribution in [3.8, 4) is 0 Å². The summed E-state index contributed by atoms with van der Waals surface area (Å²) in [6, 6.07) is 0. The molecule has 0 spiro atoms. The van der Waals surface area contributed by atoms with Crippen LogP contribution in [0.2, 0.25) is 0 Å². The Bertz CT molecular complexity index is 216. The fraction of sp³-hybridized carbons (Fsp3) is 1.00. The molecule has 0 aliphatic rings. The van der Waals surface area contributed by atoms with Gasteiger partial charge in [0.25, 0.3) is 0 Å². The summed E-state index contributed by atoms with van der Waals surface area (Å²) in [6.45, 7) is 5.78. The van der Waals surface area contributed by atoms with Gasteiger partial charge in [-0.3, -0.25) is 0 Å². The van der Waals surface area contributed by atoms with Gasteiger partial charge in [0, 0.05) is 0 Å². The monoisotopic (exact) mass is 272 g/mol. The van der Waals surface area contributed by atoms with Crippen LogP contribution >= 0.6 is 7.82 Å². The molecule has 0 saturated carbocycles. The third-order valence-corrected chi connectivity index (χ3v) is 3.44. The van der Waals surface area contributed by atoms with Gasteiger partial charge in [-0.15, -0.1) is 0 Å². The molecule has 0 aliphatic carbocycles. The molecule has 0 rings (SSSR count). The summed E-state index contributed by atoms with van der Waals surface area (Å²) in [6.07, 6.45) is 4.76. The molecule has 108 valence electrons. The van der Waals surface area contributed by atoms with Crippen LogP contribution in [0.3, 0.4) is 0 Å². The molecule has 0 bridgehead atoms. The molecule has 0 unspecified atom stereocenters. The van der Waals surface area contributed by atoms with E-state index in [-0.39, 0.29) is 12.3 Å². The van der Waals surface area contributed by atoms with E-state index in [0.717, 1.165) is 19.3 Å². The maximum Gasteiger partial charge on any atom is 0.0729 e. The average molecular weight is 272 g/mol. The highest BCUT2D eigenvalue weighted by Gasteiger charge is 2.27. The van der Waals surface area contributed by atoms with Crippen LogP contribution in [-0.2, 0) is 9.09 Å². The van der Waals surface area contributed by atoms with Gasteiger partial charge >= 0.3 is 0 Å². The number of hydrogen-bond donors (Lipinski definition) is 2. The minimum Gasteiger partial charge on any atom is -0.790 e. The Morgan fingerprint density at radius 2 is 1.53 bits per heavy atom. The van der Waals surface area contributed by atoms with Gasteiger partial charge in [-0.05, 0) is 19.3 Å². The number of phosphoric acid groups is 1. The van der Waals surface area contributed by atoms with Crippen molar-refractivity contribution in [1.82, 2.24) is 12.3 Å². The van der Waals surface area contributed by atoms with Crippen LogP contribution in [0, 0.1) is 0 Å². The van der Waals surface area contributed by atoms with Gasteiger partial charge in [0.15, 0.2) is 0 Å². The first-order valence-corrected chi connectivity index (χ1v) is 7.08. The standard InChI is InChI=1S/C10H23O4P.2H3N/c1-4-7-8-9-10(5-2,6-3)14-15(11,12)13;;/h4-9H2,1-3H3,(H2,11,12,13);2*1H3. The Labute approximate surface area is 105 Å².